The quantitative estimate of drug-likeness (QED) is 0.797. The molecule has 3 aromatic rings. The minimum atomic E-state index is -0.00231. The van der Waals surface area contributed by atoms with Crippen LogP contribution in [0.5, 0.6) is 0 Å². The van der Waals surface area contributed by atoms with Crippen molar-refractivity contribution in [1.82, 2.24) is 10.3 Å². The standard InChI is InChI=1S/C18H16N2OS/c21-17(13-6-7-15-16(10-13)22-12-20-15)19-11-18(8-9-18)14-4-2-1-3-5-14/h1-7,10,12H,8-9,11H2,(H,19,21). The Labute approximate surface area is 133 Å². The molecule has 110 valence electrons. The number of amides is 1. The number of carbonyl (C=O) groups excluding carboxylic acids is 1. The van der Waals surface area contributed by atoms with Gasteiger partial charge < -0.3 is 5.32 Å². The van der Waals surface area contributed by atoms with Crippen LogP contribution in [0.15, 0.2) is 54.0 Å². The van der Waals surface area contributed by atoms with Crippen LogP contribution in [0.3, 0.4) is 0 Å². The van der Waals surface area contributed by atoms with Gasteiger partial charge in [-0.15, -0.1) is 11.3 Å². The zero-order valence-corrected chi connectivity index (χ0v) is 12.9. The van der Waals surface area contributed by atoms with Crippen LogP contribution in [0.1, 0.15) is 28.8 Å². The summed E-state index contributed by atoms with van der Waals surface area (Å²) in [7, 11) is 0. The highest BCUT2D eigenvalue weighted by atomic mass is 32.1. The van der Waals surface area contributed by atoms with Crippen LogP contribution in [0.4, 0.5) is 0 Å². The first-order valence-corrected chi connectivity index (χ1v) is 8.32. The topological polar surface area (TPSA) is 42.0 Å². The molecule has 4 heteroatoms. The number of nitrogens with one attached hydrogen (secondary N) is 1. The Hall–Kier alpha value is -2.20. The van der Waals surface area contributed by atoms with Gasteiger partial charge in [-0.3, -0.25) is 4.79 Å². The van der Waals surface area contributed by atoms with E-state index < -0.39 is 0 Å². The molecule has 1 aliphatic rings. The summed E-state index contributed by atoms with van der Waals surface area (Å²) < 4.78 is 1.05. The number of fused-ring (bicyclic) bond motifs is 1. The molecule has 22 heavy (non-hydrogen) atoms. The number of hydrogen-bond acceptors (Lipinski definition) is 3. The summed E-state index contributed by atoms with van der Waals surface area (Å²) in [6, 6.07) is 16.1. The van der Waals surface area contributed by atoms with Crippen molar-refractivity contribution in [1.29, 1.82) is 0 Å². The van der Waals surface area contributed by atoms with Crippen molar-refractivity contribution >= 4 is 27.5 Å². The Bertz CT molecular complexity index is 821. The summed E-state index contributed by atoms with van der Waals surface area (Å²) in [4.78, 5) is 16.6. The van der Waals surface area contributed by atoms with Crippen molar-refractivity contribution in [2.24, 2.45) is 0 Å². The van der Waals surface area contributed by atoms with E-state index in [1.807, 2.05) is 24.3 Å². The normalized spacial score (nSPS) is 15.6. The van der Waals surface area contributed by atoms with E-state index in [0.717, 1.165) is 23.1 Å². The molecule has 1 aromatic heterocycles. The highest BCUT2D eigenvalue weighted by molar-refractivity contribution is 7.16. The first-order valence-electron chi connectivity index (χ1n) is 7.44. The van der Waals surface area contributed by atoms with Gasteiger partial charge in [0.1, 0.15) is 0 Å². The van der Waals surface area contributed by atoms with E-state index in [4.69, 9.17) is 0 Å². The molecule has 1 N–H and O–H groups in total. The van der Waals surface area contributed by atoms with E-state index in [-0.39, 0.29) is 11.3 Å². The number of carbonyl (C=O) groups is 1. The zero-order valence-electron chi connectivity index (χ0n) is 12.1. The van der Waals surface area contributed by atoms with Gasteiger partial charge in [-0.25, -0.2) is 4.98 Å². The number of benzene rings is 2. The van der Waals surface area contributed by atoms with E-state index in [1.165, 1.54) is 5.56 Å². The maximum absolute atomic E-state index is 12.4. The maximum Gasteiger partial charge on any atom is 0.251 e. The summed E-state index contributed by atoms with van der Waals surface area (Å²) in [5.41, 5.74) is 4.94. The molecule has 0 spiro atoms. The van der Waals surface area contributed by atoms with Gasteiger partial charge in [0.05, 0.1) is 15.7 Å². The maximum atomic E-state index is 12.4. The highest BCUT2D eigenvalue weighted by Gasteiger charge is 2.44. The number of rotatable bonds is 4. The number of thiazole rings is 1. The Balaban J connectivity index is 1.48. The van der Waals surface area contributed by atoms with E-state index in [2.05, 4.69) is 34.6 Å². The first-order chi connectivity index (χ1) is 10.8. The molecule has 1 fully saturated rings. The van der Waals surface area contributed by atoms with Crippen molar-refractivity contribution < 1.29 is 4.79 Å². The van der Waals surface area contributed by atoms with E-state index >= 15 is 0 Å². The smallest absolute Gasteiger partial charge is 0.251 e. The van der Waals surface area contributed by atoms with Crippen LogP contribution >= 0.6 is 11.3 Å². The monoisotopic (exact) mass is 308 g/mol. The second-order valence-corrected chi connectivity index (χ2v) is 6.75. The average molecular weight is 308 g/mol. The lowest BCUT2D eigenvalue weighted by Gasteiger charge is -2.16. The Morgan fingerprint density at radius 2 is 2.00 bits per heavy atom. The summed E-state index contributed by atoms with van der Waals surface area (Å²) in [6.45, 7) is 0.705. The van der Waals surface area contributed by atoms with Gasteiger partial charge in [0.2, 0.25) is 0 Å². The van der Waals surface area contributed by atoms with Gasteiger partial charge in [0.25, 0.3) is 5.91 Å². The predicted octanol–water partition coefficient (Wildman–Crippen LogP) is 3.76. The molecule has 1 heterocycles. The van der Waals surface area contributed by atoms with E-state index in [9.17, 15) is 4.79 Å². The minimum Gasteiger partial charge on any atom is -0.351 e. The van der Waals surface area contributed by atoms with E-state index in [1.54, 1.807) is 16.8 Å². The molecule has 0 radical (unpaired) electrons. The lowest BCUT2D eigenvalue weighted by Crippen LogP contribution is -2.32. The molecular formula is C18H16N2OS. The molecule has 1 amide bonds. The molecule has 0 bridgehead atoms. The summed E-state index contributed by atoms with van der Waals surface area (Å²) in [5.74, 6) is -0.00231. The number of nitrogens with zero attached hydrogens (tertiary/aromatic N) is 1. The summed E-state index contributed by atoms with van der Waals surface area (Å²) in [5, 5.41) is 3.10. The predicted molar refractivity (Wildman–Crippen MR) is 89.3 cm³/mol. The van der Waals surface area contributed by atoms with Crippen LogP contribution in [-0.4, -0.2) is 17.4 Å². The third kappa shape index (κ3) is 2.40. The van der Waals surface area contributed by atoms with Gasteiger partial charge in [-0.05, 0) is 36.6 Å². The van der Waals surface area contributed by atoms with Crippen molar-refractivity contribution in [3.05, 3.63) is 65.2 Å². The van der Waals surface area contributed by atoms with Crippen LogP contribution in [-0.2, 0) is 5.41 Å². The molecule has 2 aromatic carbocycles. The average Bonchev–Trinajstić information content (AvgIpc) is 3.22. The second kappa shape index (κ2) is 5.21. The van der Waals surface area contributed by atoms with Crippen molar-refractivity contribution in [3.63, 3.8) is 0 Å². The Morgan fingerprint density at radius 3 is 2.77 bits per heavy atom. The third-order valence-corrected chi connectivity index (χ3v) is 5.21. The fourth-order valence-corrected chi connectivity index (χ4v) is 3.57. The lowest BCUT2D eigenvalue weighted by atomic mass is 9.96. The van der Waals surface area contributed by atoms with Gasteiger partial charge in [-0.2, -0.15) is 0 Å². The zero-order chi connectivity index (χ0) is 15.0. The van der Waals surface area contributed by atoms with Crippen LogP contribution < -0.4 is 5.32 Å². The van der Waals surface area contributed by atoms with E-state index in [0.29, 0.717) is 12.1 Å². The molecule has 1 saturated carbocycles. The molecular weight excluding hydrogens is 292 g/mol. The van der Waals surface area contributed by atoms with Gasteiger partial charge in [0.15, 0.2) is 0 Å². The molecule has 0 aliphatic heterocycles. The molecule has 0 unspecified atom stereocenters. The van der Waals surface area contributed by atoms with Crippen LogP contribution in [0, 0.1) is 0 Å². The van der Waals surface area contributed by atoms with Gasteiger partial charge >= 0.3 is 0 Å². The van der Waals surface area contributed by atoms with Crippen LogP contribution in [0.25, 0.3) is 10.2 Å². The second-order valence-electron chi connectivity index (χ2n) is 5.86. The Morgan fingerprint density at radius 1 is 1.18 bits per heavy atom. The summed E-state index contributed by atoms with van der Waals surface area (Å²) >= 11 is 1.56. The van der Waals surface area contributed by atoms with Crippen molar-refractivity contribution in [3.8, 4) is 0 Å². The molecule has 0 saturated heterocycles. The third-order valence-electron chi connectivity index (χ3n) is 4.42. The Kier molecular flexibility index (Phi) is 3.19. The first kappa shape index (κ1) is 13.5. The highest BCUT2D eigenvalue weighted by Crippen LogP contribution is 2.47. The number of hydrogen-bond donors (Lipinski definition) is 1. The largest absolute Gasteiger partial charge is 0.351 e. The lowest BCUT2D eigenvalue weighted by molar-refractivity contribution is 0.0950. The van der Waals surface area contributed by atoms with Gasteiger partial charge in [0, 0.05) is 17.5 Å². The van der Waals surface area contributed by atoms with Crippen LogP contribution in [0.2, 0.25) is 0 Å². The number of aromatic nitrogens is 1. The molecule has 3 nitrogen and oxygen atoms in total. The fraction of sp³-hybridized carbons (Fsp3) is 0.222. The van der Waals surface area contributed by atoms with Crippen molar-refractivity contribution in [2.45, 2.75) is 18.3 Å². The fourth-order valence-electron chi connectivity index (χ4n) is 2.86. The SMILES string of the molecule is O=C(NCC1(c2ccccc2)CC1)c1ccc2ncsc2c1. The minimum absolute atomic E-state index is 0.00231. The molecule has 4 rings (SSSR count). The summed E-state index contributed by atoms with van der Waals surface area (Å²) in [6.07, 6.45) is 2.29. The molecule has 0 atom stereocenters. The van der Waals surface area contributed by atoms with Crippen molar-refractivity contribution in [2.75, 3.05) is 6.54 Å². The molecule has 1 aliphatic carbocycles. The van der Waals surface area contributed by atoms with Gasteiger partial charge in [-0.1, -0.05) is 30.3 Å².